The maximum absolute atomic E-state index is 6.76. The van der Waals surface area contributed by atoms with Crippen molar-refractivity contribution in [2.75, 3.05) is 4.90 Å². The Hall–Kier alpha value is -7.94. The van der Waals surface area contributed by atoms with Crippen molar-refractivity contribution in [1.82, 2.24) is 0 Å². The molecule has 0 unspecified atom stereocenters. The monoisotopic (exact) mass is 765 g/mol. The van der Waals surface area contributed by atoms with Crippen molar-refractivity contribution in [3.8, 4) is 55.6 Å². The zero-order valence-electron chi connectivity index (χ0n) is 32.9. The van der Waals surface area contributed by atoms with Crippen LogP contribution < -0.4 is 4.90 Å². The fraction of sp³-hybridized carbons (Fsp3) is 0. The van der Waals surface area contributed by atoms with Crippen LogP contribution in [0.3, 0.4) is 0 Å². The molecule has 11 aromatic rings. The lowest BCUT2D eigenvalue weighted by atomic mass is 9.94. The van der Waals surface area contributed by atoms with E-state index in [1.807, 2.05) is 0 Å². The molecular weight excluding hydrogens is 727 g/mol. The van der Waals surface area contributed by atoms with E-state index in [4.69, 9.17) is 4.42 Å². The zero-order chi connectivity index (χ0) is 39.8. The second-order valence-electron chi connectivity index (χ2n) is 15.3. The quantitative estimate of drug-likeness (QED) is 0.153. The Morgan fingerprint density at radius 3 is 1.55 bits per heavy atom. The topological polar surface area (TPSA) is 16.4 Å². The van der Waals surface area contributed by atoms with Crippen LogP contribution in [-0.4, -0.2) is 0 Å². The molecule has 0 atom stereocenters. The van der Waals surface area contributed by atoms with Crippen LogP contribution in [0.15, 0.2) is 241 Å². The molecule has 0 aliphatic carbocycles. The molecule has 0 radical (unpaired) electrons. The Bertz CT molecular complexity index is 3290. The zero-order valence-corrected chi connectivity index (χ0v) is 32.9. The molecule has 60 heavy (non-hydrogen) atoms. The summed E-state index contributed by atoms with van der Waals surface area (Å²) in [7, 11) is 0. The molecule has 0 saturated heterocycles. The molecule has 0 saturated carbocycles. The van der Waals surface area contributed by atoms with Gasteiger partial charge in [0.05, 0.1) is 11.1 Å². The van der Waals surface area contributed by atoms with Crippen LogP contribution in [0.25, 0.3) is 88.3 Å². The summed E-state index contributed by atoms with van der Waals surface area (Å²) in [5.74, 6) is 0. The fourth-order valence-electron chi connectivity index (χ4n) is 8.77. The Labute approximate surface area is 349 Å². The SMILES string of the molecule is c1ccc(-c2ccc(-c3ccc(N(c4cccc(-c5cccc6ccccc56)c4)c4cccc5oc6cc(-c7ccccc7-c7ccccc7)ccc6c45)cc3)cc2)cc1. The minimum absolute atomic E-state index is 0.848. The van der Waals surface area contributed by atoms with Gasteiger partial charge in [-0.3, -0.25) is 0 Å². The van der Waals surface area contributed by atoms with Crippen molar-refractivity contribution in [3.05, 3.63) is 237 Å². The lowest BCUT2D eigenvalue weighted by molar-refractivity contribution is 0.669. The Balaban J connectivity index is 1.05. The molecule has 2 heteroatoms. The number of nitrogens with zero attached hydrogens (tertiary/aromatic N) is 1. The van der Waals surface area contributed by atoms with E-state index >= 15 is 0 Å². The highest BCUT2D eigenvalue weighted by Crippen LogP contribution is 2.45. The lowest BCUT2D eigenvalue weighted by Gasteiger charge is -2.27. The molecule has 1 aromatic heterocycles. The first-order valence-corrected chi connectivity index (χ1v) is 20.5. The number of furan rings is 1. The average molecular weight is 766 g/mol. The van der Waals surface area contributed by atoms with Crippen molar-refractivity contribution in [3.63, 3.8) is 0 Å². The van der Waals surface area contributed by atoms with Crippen LogP contribution in [0.4, 0.5) is 17.1 Å². The summed E-state index contributed by atoms with van der Waals surface area (Å²) in [4.78, 5) is 2.38. The van der Waals surface area contributed by atoms with Crippen LogP contribution in [0.1, 0.15) is 0 Å². The first-order chi connectivity index (χ1) is 29.7. The Kier molecular flexibility index (Phi) is 8.87. The van der Waals surface area contributed by atoms with Crippen molar-refractivity contribution < 1.29 is 4.42 Å². The van der Waals surface area contributed by atoms with Crippen molar-refractivity contribution in [1.29, 1.82) is 0 Å². The van der Waals surface area contributed by atoms with E-state index in [0.717, 1.165) is 55.7 Å². The van der Waals surface area contributed by atoms with Gasteiger partial charge in [-0.15, -0.1) is 0 Å². The van der Waals surface area contributed by atoms with E-state index < -0.39 is 0 Å². The summed E-state index contributed by atoms with van der Waals surface area (Å²) in [6, 6.07) is 84.7. The van der Waals surface area contributed by atoms with E-state index in [-0.39, 0.29) is 0 Å². The van der Waals surface area contributed by atoms with Crippen molar-refractivity contribution >= 4 is 49.8 Å². The van der Waals surface area contributed by atoms with Crippen LogP contribution in [-0.2, 0) is 0 Å². The van der Waals surface area contributed by atoms with Gasteiger partial charge in [0.2, 0.25) is 0 Å². The molecule has 0 amide bonds. The second kappa shape index (κ2) is 15.1. The third kappa shape index (κ3) is 6.41. The van der Waals surface area contributed by atoms with Crippen LogP contribution >= 0.6 is 0 Å². The average Bonchev–Trinajstić information content (AvgIpc) is 3.71. The van der Waals surface area contributed by atoms with Gasteiger partial charge in [0, 0.05) is 16.8 Å². The third-order valence-electron chi connectivity index (χ3n) is 11.7. The third-order valence-corrected chi connectivity index (χ3v) is 11.7. The van der Waals surface area contributed by atoms with Crippen molar-refractivity contribution in [2.24, 2.45) is 0 Å². The van der Waals surface area contributed by atoms with Gasteiger partial charge in [0.25, 0.3) is 0 Å². The number of fused-ring (bicyclic) bond motifs is 4. The maximum atomic E-state index is 6.76. The number of hydrogen-bond donors (Lipinski definition) is 0. The number of anilines is 3. The van der Waals surface area contributed by atoms with Gasteiger partial charge in [-0.25, -0.2) is 0 Å². The standard InChI is InChI=1S/C58H39NO/c1-3-14-40(15-4-1)41-28-30-42(31-29-41)43-32-35-48(36-33-43)59(49-21-11-20-46(38-49)53-25-12-19-45-18-7-8-22-51(45)53)55-26-13-27-56-58(55)54-37-34-47(39-57(54)60-56)52-24-10-9-23-50(52)44-16-5-2-6-17-44/h1-39H. The summed E-state index contributed by atoms with van der Waals surface area (Å²) >= 11 is 0. The predicted molar refractivity (Wildman–Crippen MR) is 253 cm³/mol. The van der Waals surface area contributed by atoms with Crippen LogP contribution in [0.2, 0.25) is 0 Å². The predicted octanol–water partition coefficient (Wildman–Crippen LogP) is 16.5. The molecule has 2 nitrogen and oxygen atoms in total. The van der Waals surface area contributed by atoms with Gasteiger partial charge in [-0.05, 0) is 115 Å². The minimum atomic E-state index is 0.848. The molecule has 282 valence electrons. The van der Waals surface area contributed by atoms with Crippen LogP contribution in [0, 0.1) is 0 Å². The fourth-order valence-corrected chi connectivity index (χ4v) is 8.77. The van der Waals surface area contributed by atoms with Crippen LogP contribution in [0.5, 0.6) is 0 Å². The number of rotatable bonds is 8. The molecule has 0 bridgehead atoms. The van der Waals surface area contributed by atoms with Gasteiger partial charge in [-0.1, -0.05) is 188 Å². The Morgan fingerprint density at radius 2 is 0.800 bits per heavy atom. The van der Waals surface area contributed by atoms with Gasteiger partial charge >= 0.3 is 0 Å². The molecule has 0 aliphatic rings. The van der Waals surface area contributed by atoms with E-state index in [1.165, 1.54) is 49.7 Å². The Morgan fingerprint density at radius 1 is 0.283 bits per heavy atom. The summed E-state index contributed by atoms with van der Waals surface area (Å²) in [5, 5.41) is 4.61. The highest BCUT2D eigenvalue weighted by molar-refractivity contribution is 6.14. The molecule has 10 aromatic carbocycles. The normalized spacial score (nSPS) is 11.3. The van der Waals surface area contributed by atoms with Gasteiger partial charge in [0.1, 0.15) is 11.2 Å². The van der Waals surface area contributed by atoms with E-state index in [9.17, 15) is 0 Å². The summed E-state index contributed by atoms with van der Waals surface area (Å²) < 4.78 is 6.76. The van der Waals surface area contributed by atoms with Gasteiger partial charge in [-0.2, -0.15) is 0 Å². The summed E-state index contributed by atoms with van der Waals surface area (Å²) in [6.07, 6.45) is 0. The smallest absolute Gasteiger partial charge is 0.137 e. The molecular formula is C58H39NO. The van der Waals surface area contributed by atoms with Gasteiger partial charge < -0.3 is 9.32 Å². The van der Waals surface area contributed by atoms with E-state index in [2.05, 4.69) is 241 Å². The first kappa shape index (κ1) is 35.2. The van der Waals surface area contributed by atoms with E-state index in [1.54, 1.807) is 0 Å². The maximum Gasteiger partial charge on any atom is 0.137 e. The highest BCUT2D eigenvalue weighted by Gasteiger charge is 2.21. The largest absolute Gasteiger partial charge is 0.456 e. The summed E-state index contributed by atoms with van der Waals surface area (Å²) in [6.45, 7) is 0. The first-order valence-electron chi connectivity index (χ1n) is 20.5. The summed E-state index contributed by atoms with van der Waals surface area (Å²) in [5.41, 5.74) is 16.7. The molecule has 0 spiro atoms. The molecule has 0 fully saturated rings. The molecule has 1 heterocycles. The molecule has 0 N–H and O–H groups in total. The highest BCUT2D eigenvalue weighted by atomic mass is 16.3. The molecule has 0 aliphatic heterocycles. The lowest BCUT2D eigenvalue weighted by Crippen LogP contribution is -2.10. The number of hydrogen-bond acceptors (Lipinski definition) is 2. The number of benzene rings is 10. The second-order valence-corrected chi connectivity index (χ2v) is 15.3. The molecule has 11 rings (SSSR count). The van der Waals surface area contributed by atoms with Gasteiger partial charge in [0.15, 0.2) is 0 Å². The van der Waals surface area contributed by atoms with Crippen molar-refractivity contribution in [2.45, 2.75) is 0 Å². The van der Waals surface area contributed by atoms with E-state index in [0.29, 0.717) is 0 Å². The minimum Gasteiger partial charge on any atom is -0.456 e.